The fourth-order valence-electron chi connectivity index (χ4n) is 1.57. The van der Waals surface area contributed by atoms with Crippen molar-refractivity contribution in [2.75, 3.05) is 0 Å². The van der Waals surface area contributed by atoms with Crippen LogP contribution in [0.1, 0.15) is 13.0 Å². The highest BCUT2D eigenvalue weighted by Gasteiger charge is 2.31. The molecule has 0 spiro atoms. The Morgan fingerprint density at radius 3 is 1.90 bits per heavy atom. The molecule has 11 heteroatoms. The van der Waals surface area contributed by atoms with Crippen molar-refractivity contribution in [3.05, 3.63) is 42.8 Å². The highest BCUT2D eigenvalue weighted by molar-refractivity contribution is 5.72. The lowest BCUT2D eigenvalue weighted by atomic mass is 10.1. The Morgan fingerprint density at radius 1 is 1.25 bits per heavy atom. The van der Waals surface area contributed by atoms with Gasteiger partial charge in [0, 0.05) is 0 Å². The van der Waals surface area contributed by atoms with Crippen molar-refractivity contribution < 1.29 is 24.9 Å². The maximum atomic E-state index is 11.5. The van der Waals surface area contributed by atoms with Gasteiger partial charge in [-0.05, 0) is 6.92 Å². The molecule has 0 unspecified atom stereocenters. The highest BCUT2D eigenvalue weighted by Crippen LogP contribution is 2.19. The zero-order valence-corrected chi connectivity index (χ0v) is 9.99. The van der Waals surface area contributed by atoms with E-state index in [0.717, 1.165) is 6.92 Å². The Morgan fingerprint density at radius 2 is 1.65 bits per heavy atom. The average molecular weight is 287 g/mol. The number of aromatic nitrogens is 1. The first-order chi connectivity index (χ1) is 9.16. The number of carboxylic acid groups (broad SMARTS) is 1. The van der Waals surface area contributed by atoms with Gasteiger partial charge >= 0.3 is 22.8 Å². The number of aliphatic carboxylic acids is 1. The second-order valence-electron chi connectivity index (χ2n) is 3.84. The van der Waals surface area contributed by atoms with Gasteiger partial charge in [-0.3, -0.25) is 25.0 Å². The summed E-state index contributed by atoms with van der Waals surface area (Å²) in [6.07, 6.45) is -0.406. The fourth-order valence-corrected chi connectivity index (χ4v) is 1.57. The van der Waals surface area contributed by atoms with Crippen LogP contribution in [0.3, 0.4) is 0 Å². The lowest BCUT2D eigenvalue weighted by molar-refractivity contribution is -0.397. The first-order valence-electron chi connectivity index (χ1n) is 5.12. The Labute approximate surface area is 110 Å². The van der Waals surface area contributed by atoms with E-state index in [1.54, 1.807) is 0 Å². The van der Waals surface area contributed by atoms with Crippen molar-refractivity contribution in [2.24, 2.45) is 0 Å². The molecule has 0 saturated heterocycles. The minimum absolute atomic E-state index is 0.542. The predicted octanol–water partition coefficient (Wildman–Crippen LogP) is -0.329. The van der Waals surface area contributed by atoms with Gasteiger partial charge in [0.2, 0.25) is 0 Å². The molecule has 0 aromatic carbocycles. The van der Waals surface area contributed by atoms with Gasteiger partial charge in [-0.25, -0.2) is 4.79 Å². The van der Waals surface area contributed by atoms with Gasteiger partial charge in [-0.1, -0.05) is 0 Å². The van der Waals surface area contributed by atoms with Crippen molar-refractivity contribution in [2.45, 2.75) is 19.1 Å². The predicted molar refractivity (Wildman–Crippen MR) is 62.4 cm³/mol. The second-order valence-corrected chi connectivity index (χ2v) is 3.84. The van der Waals surface area contributed by atoms with Crippen LogP contribution in [0.25, 0.3) is 0 Å². The second kappa shape index (κ2) is 5.44. The molecule has 1 aromatic rings. The fraction of sp³-hybridized carbons (Fsp3) is 0.333. The van der Waals surface area contributed by atoms with Crippen LogP contribution in [0.2, 0.25) is 0 Å². The maximum Gasteiger partial charge on any atom is 0.339 e. The van der Waals surface area contributed by atoms with Crippen molar-refractivity contribution in [3.63, 3.8) is 0 Å². The van der Waals surface area contributed by atoms with Crippen LogP contribution in [0.4, 0.5) is 11.4 Å². The molecule has 0 amide bonds. The largest absolute Gasteiger partial charge is 0.480 e. The van der Waals surface area contributed by atoms with Crippen molar-refractivity contribution in [1.29, 1.82) is 0 Å². The molecule has 1 rings (SSSR count). The van der Waals surface area contributed by atoms with E-state index >= 15 is 0 Å². The quantitative estimate of drug-likeness (QED) is 0.548. The van der Waals surface area contributed by atoms with Crippen molar-refractivity contribution in [3.8, 4) is 0 Å². The number of nitro groups is 2. The van der Waals surface area contributed by atoms with Crippen LogP contribution in [-0.2, 0) is 4.79 Å². The van der Waals surface area contributed by atoms with Crippen LogP contribution in [0, 0.1) is 20.2 Å². The lowest BCUT2D eigenvalue weighted by Gasteiger charge is -2.18. The van der Waals surface area contributed by atoms with Gasteiger partial charge in [0.05, 0.1) is 28.3 Å². The Bertz CT molecular complexity index is 596. The zero-order valence-electron chi connectivity index (χ0n) is 9.99. The molecule has 108 valence electrons. The third kappa shape index (κ3) is 2.77. The summed E-state index contributed by atoms with van der Waals surface area (Å²) in [5.74, 6) is -1.56. The molecule has 1 heterocycles. The van der Waals surface area contributed by atoms with E-state index in [4.69, 9.17) is 5.11 Å². The summed E-state index contributed by atoms with van der Waals surface area (Å²) >= 11 is 0. The monoisotopic (exact) mass is 287 g/mol. The van der Waals surface area contributed by atoms with E-state index in [1.165, 1.54) is 0 Å². The Kier molecular flexibility index (Phi) is 4.14. The summed E-state index contributed by atoms with van der Waals surface area (Å²) in [6, 6.07) is -1.70. The van der Waals surface area contributed by atoms with E-state index < -0.39 is 44.8 Å². The lowest BCUT2D eigenvalue weighted by Crippen LogP contribution is -2.30. The number of pyridine rings is 1. The summed E-state index contributed by atoms with van der Waals surface area (Å²) in [5, 5.41) is 39.6. The molecule has 0 bridgehead atoms. The van der Waals surface area contributed by atoms with E-state index in [0.29, 0.717) is 17.0 Å². The van der Waals surface area contributed by atoms with Crippen molar-refractivity contribution in [1.82, 2.24) is 4.57 Å². The number of aliphatic hydroxyl groups excluding tert-OH is 1. The molecule has 1 aromatic heterocycles. The minimum atomic E-state index is -1.70. The third-order valence-electron chi connectivity index (χ3n) is 2.43. The SMILES string of the molecule is C[C@@H](O)[C@@H](C(=O)O)n1cc([N+](=O)[O-])c(=O)c([N+](=O)[O-])c1. The van der Waals surface area contributed by atoms with Crippen LogP contribution in [0.5, 0.6) is 0 Å². The number of nitrogens with zero attached hydrogens (tertiary/aromatic N) is 3. The molecule has 0 radical (unpaired) electrons. The normalized spacial score (nSPS) is 13.5. The molecule has 0 aliphatic carbocycles. The Hall–Kier alpha value is -2.82. The van der Waals surface area contributed by atoms with E-state index in [2.05, 4.69) is 0 Å². The van der Waals surface area contributed by atoms with Crippen LogP contribution in [-0.4, -0.2) is 36.7 Å². The maximum absolute atomic E-state index is 11.5. The van der Waals surface area contributed by atoms with Gasteiger partial charge in [0.1, 0.15) is 0 Å². The molecule has 0 saturated carbocycles. The molecule has 11 nitrogen and oxygen atoms in total. The van der Waals surface area contributed by atoms with E-state index in [9.17, 15) is 34.9 Å². The number of hydrogen-bond donors (Lipinski definition) is 2. The highest BCUT2D eigenvalue weighted by atomic mass is 16.6. The zero-order chi connectivity index (χ0) is 15.6. The summed E-state index contributed by atoms with van der Waals surface area (Å²) < 4.78 is 0.560. The smallest absolute Gasteiger partial charge is 0.339 e. The van der Waals surface area contributed by atoms with E-state index in [-0.39, 0.29) is 0 Å². The number of hydrogen-bond acceptors (Lipinski definition) is 7. The average Bonchev–Trinajstić information content (AvgIpc) is 2.29. The van der Waals surface area contributed by atoms with Crippen LogP contribution >= 0.6 is 0 Å². The third-order valence-corrected chi connectivity index (χ3v) is 2.43. The minimum Gasteiger partial charge on any atom is -0.480 e. The van der Waals surface area contributed by atoms with E-state index in [1.807, 2.05) is 0 Å². The summed E-state index contributed by atoms with van der Waals surface area (Å²) in [7, 11) is 0. The number of carbonyl (C=O) groups is 1. The molecule has 2 atom stereocenters. The number of carboxylic acids is 1. The molecule has 20 heavy (non-hydrogen) atoms. The van der Waals surface area contributed by atoms with Gasteiger partial charge in [0.25, 0.3) is 0 Å². The number of aliphatic hydroxyl groups is 1. The molecule has 2 N–H and O–H groups in total. The topological polar surface area (TPSA) is 166 Å². The van der Waals surface area contributed by atoms with Gasteiger partial charge < -0.3 is 14.8 Å². The molecule has 0 fully saturated rings. The van der Waals surface area contributed by atoms with Crippen LogP contribution < -0.4 is 5.43 Å². The van der Waals surface area contributed by atoms with Gasteiger partial charge in [0.15, 0.2) is 6.04 Å². The Balaban J connectivity index is 3.64. The molecule has 0 aliphatic heterocycles. The van der Waals surface area contributed by atoms with Gasteiger partial charge in [-0.2, -0.15) is 0 Å². The standard InChI is InChI=1S/C9H9N3O8/c1-4(13)7(9(15)16)10-2-5(11(17)18)8(14)6(3-10)12(19)20/h2-4,7,13H,1H3,(H,15,16)/t4-,7+/m1/s1. The van der Waals surface area contributed by atoms with Gasteiger partial charge in [-0.15, -0.1) is 0 Å². The summed E-state index contributed by atoms with van der Waals surface area (Å²) in [5.41, 5.74) is -3.73. The molecular formula is C9H9N3O8. The summed E-state index contributed by atoms with van der Waals surface area (Å²) in [4.78, 5) is 41.5. The molecule has 0 aliphatic rings. The first kappa shape index (κ1) is 15.2. The number of rotatable bonds is 5. The summed E-state index contributed by atoms with van der Waals surface area (Å²) in [6.45, 7) is 1.09. The first-order valence-corrected chi connectivity index (χ1v) is 5.12. The molecular weight excluding hydrogens is 278 g/mol. The van der Waals surface area contributed by atoms with Crippen molar-refractivity contribution >= 4 is 17.3 Å². The van der Waals surface area contributed by atoms with Crippen LogP contribution in [0.15, 0.2) is 17.2 Å².